The molecular weight excluding hydrogens is 230 g/mol. The van der Waals surface area contributed by atoms with Crippen molar-refractivity contribution in [1.29, 1.82) is 0 Å². The van der Waals surface area contributed by atoms with Gasteiger partial charge in [0.2, 0.25) is 0 Å². The number of aromatic nitrogens is 2. The highest BCUT2D eigenvalue weighted by Crippen LogP contribution is 2.22. The van der Waals surface area contributed by atoms with Crippen molar-refractivity contribution in [3.63, 3.8) is 0 Å². The molecule has 2 atom stereocenters. The molecule has 1 N–H and O–H groups in total. The first-order chi connectivity index (χ1) is 8.67. The van der Waals surface area contributed by atoms with Gasteiger partial charge in [0.1, 0.15) is 5.82 Å². The van der Waals surface area contributed by atoms with E-state index in [1.807, 2.05) is 7.05 Å². The molecule has 18 heavy (non-hydrogen) atoms. The molecule has 0 aromatic carbocycles. The van der Waals surface area contributed by atoms with Crippen LogP contribution in [0.2, 0.25) is 0 Å². The van der Waals surface area contributed by atoms with Crippen LogP contribution in [0.15, 0.2) is 12.4 Å². The molecule has 1 saturated heterocycles. The van der Waals surface area contributed by atoms with Crippen LogP contribution in [-0.2, 0) is 16.1 Å². The van der Waals surface area contributed by atoms with Gasteiger partial charge in [-0.1, -0.05) is 0 Å². The van der Waals surface area contributed by atoms with E-state index >= 15 is 0 Å². The minimum Gasteiger partial charge on any atom is -0.375 e. The summed E-state index contributed by atoms with van der Waals surface area (Å²) in [6.07, 6.45) is 6.17. The fourth-order valence-corrected chi connectivity index (χ4v) is 2.24. The fourth-order valence-electron chi connectivity index (χ4n) is 2.24. The summed E-state index contributed by atoms with van der Waals surface area (Å²) in [6.45, 7) is 4.70. The molecule has 1 fully saturated rings. The van der Waals surface area contributed by atoms with Crippen molar-refractivity contribution in [3.8, 4) is 0 Å². The number of rotatable bonds is 4. The van der Waals surface area contributed by atoms with Crippen molar-refractivity contribution in [1.82, 2.24) is 9.97 Å². The van der Waals surface area contributed by atoms with E-state index in [2.05, 4.69) is 29.1 Å². The molecular formula is C13H21N3O2. The molecule has 5 heteroatoms. The molecule has 5 nitrogen and oxygen atoms in total. The van der Waals surface area contributed by atoms with Crippen LogP contribution in [0, 0.1) is 0 Å². The lowest BCUT2D eigenvalue weighted by Gasteiger charge is -2.31. The van der Waals surface area contributed by atoms with E-state index in [-0.39, 0.29) is 18.3 Å². The summed E-state index contributed by atoms with van der Waals surface area (Å²) in [5, 5.41) is 2.94. The normalized spacial score (nSPS) is 28.1. The predicted octanol–water partition coefficient (Wildman–Crippen LogP) is 1.99. The van der Waals surface area contributed by atoms with Crippen molar-refractivity contribution < 1.29 is 9.47 Å². The molecule has 1 aliphatic rings. The molecule has 1 aromatic heterocycles. The predicted molar refractivity (Wildman–Crippen MR) is 69.4 cm³/mol. The maximum absolute atomic E-state index is 5.88. The van der Waals surface area contributed by atoms with Gasteiger partial charge in [-0.3, -0.25) is 4.98 Å². The average Bonchev–Trinajstić information content (AvgIpc) is 2.36. The summed E-state index contributed by atoms with van der Waals surface area (Å²) in [5.74, 6) is 0.770. The van der Waals surface area contributed by atoms with Gasteiger partial charge in [0, 0.05) is 7.05 Å². The summed E-state index contributed by atoms with van der Waals surface area (Å²) in [6, 6.07) is 0. The van der Waals surface area contributed by atoms with Crippen LogP contribution in [0.1, 0.15) is 32.4 Å². The van der Waals surface area contributed by atoms with Crippen LogP contribution in [0.25, 0.3) is 0 Å². The lowest BCUT2D eigenvalue weighted by molar-refractivity contribution is -0.106. The monoisotopic (exact) mass is 251 g/mol. The van der Waals surface area contributed by atoms with Crippen molar-refractivity contribution >= 4 is 5.82 Å². The quantitative estimate of drug-likeness (QED) is 0.887. The van der Waals surface area contributed by atoms with Gasteiger partial charge in [-0.2, -0.15) is 0 Å². The van der Waals surface area contributed by atoms with E-state index < -0.39 is 0 Å². The van der Waals surface area contributed by atoms with Crippen LogP contribution < -0.4 is 5.32 Å². The second-order valence-electron chi connectivity index (χ2n) is 4.80. The van der Waals surface area contributed by atoms with Gasteiger partial charge in [0.25, 0.3) is 0 Å². The first-order valence-corrected chi connectivity index (χ1v) is 6.43. The van der Waals surface area contributed by atoms with Crippen LogP contribution in [0.3, 0.4) is 0 Å². The number of nitrogens with zero attached hydrogens (tertiary/aromatic N) is 2. The Hall–Kier alpha value is -1.20. The first-order valence-electron chi connectivity index (χ1n) is 6.43. The van der Waals surface area contributed by atoms with E-state index in [0.29, 0.717) is 6.61 Å². The summed E-state index contributed by atoms with van der Waals surface area (Å²) in [4.78, 5) is 8.50. The first kappa shape index (κ1) is 13.2. The molecule has 0 aliphatic carbocycles. The Morgan fingerprint density at radius 1 is 1.28 bits per heavy atom. The second-order valence-corrected chi connectivity index (χ2v) is 4.80. The summed E-state index contributed by atoms with van der Waals surface area (Å²) in [7, 11) is 1.82. The smallest absolute Gasteiger partial charge is 0.144 e. The molecule has 0 bridgehead atoms. The summed E-state index contributed by atoms with van der Waals surface area (Å²) < 4.78 is 11.6. The van der Waals surface area contributed by atoms with Crippen LogP contribution in [-0.4, -0.2) is 35.3 Å². The lowest BCUT2D eigenvalue weighted by Crippen LogP contribution is -2.34. The van der Waals surface area contributed by atoms with Crippen molar-refractivity contribution in [2.24, 2.45) is 0 Å². The van der Waals surface area contributed by atoms with Crippen molar-refractivity contribution in [3.05, 3.63) is 18.1 Å². The topological polar surface area (TPSA) is 56.3 Å². The highest BCUT2D eigenvalue weighted by atomic mass is 16.5. The van der Waals surface area contributed by atoms with Gasteiger partial charge in [-0.15, -0.1) is 0 Å². The van der Waals surface area contributed by atoms with Crippen molar-refractivity contribution in [2.45, 2.75) is 51.6 Å². The Kier molecular flexibility index (Phi) is 4.49. The third kappa shape index (κ3) is 3.65. The van der Waals surface area contributed by atoms with E-state index in [4.69, 9.17) is 9.47 Å². The molecule has 2 rings (SSSR count). The Balaban J connectivity index is 1.83. The van der Waals surface area contributed by atoms with Gasteiger partial charge in [0.05, 0.1) is 43.0 Å². The number of hydrogen-bond donors (Lipinski definition) is 1. The van der Waals surface area contributed by atoms with E-state index in [0.717, 1.165) is 24.4 Å². The molecule has 2 unspecified atom stereocenters. The Morgan fingerprint density at radius 3 is 2.56 bits per heavy atom. The maximum Gasteiger partial charge on any atom is 0.144 e. The Labute approximate surface area is 108 Å². The molecule has 0 radical (unpaired) electrons. The molecule has 2 heterocycles. The number of hydrogen-bond acceptors (Lipinski definition) is 5. The van der Waals surface area contributed by atoms with Gasteiger partial charge >= 0.3 is 0 Å². The van der Waals surface area contributed by atoms with Crippen LogP contribution >= 0.6 is 0 Å². The zero-order valence-corrected chi connectivity index (χ0v) is 11.2. The highest BCUT2D eigenvalue weighted by Gasteiger charge is 2.24. The SMILES string of the molecule is CNc1cnc(COC2CC(C)OC(C)C2)cn1. The van der Waals surface area contributed by atoms with Crippen LogP contribution in [0.5, 0.6) is 0 Å². The van der Waals surface area contributed by atoms with Gasteiger partial charge in [0.15, 0.2) is 0 Å². The highest BCUT2D eigenvalue weighted by molar-refractivity contribution is 5.29. The molecule has 1 aliphatic heterocycles. The lowest BCUT2D eigenvalue weighted by atomic mass is 10.0. The van der Waals surface area contributed by atoms with Gasteiger partial charge in [-0.05, 0) is 26.7 Å². The standard InChI is InChI=1S/C13H21N3O2/c1-9-4-12(5-10(2)18-9)17-8-11-6-16-13(14-3)7-15-11/h6-7,9-10,12H,4-5,8H2,1-3H3,(H,14,16). The van der Waals surface area contributed by atoms with Crippen LogP contribution in [0.4, 0.5) is 5.82 Å². The summed E-state index contributed by atoms with van der Waals surface area (Å²) in [5.41, 5.74) is 0.862. The minimum absolute atomic E-state index is 0.259. The number of ether oxygens (including phenoxy) is 2. The average molecular weight is 251 g/mol. The molecule has 0 amide bonds. The van der Waals surface area contributed by atoms with E-state index in [9.17, 15) is 0 Å². The van der Waals surface area contributed by atoms with E-state index in [1.54, 1.807) is 12.4 Å². The summed E-state index contributed by atoms with van der Waals surface area (Å²) >= 11 is 0. The number of nitrogens with one attached hydrogen (secondary N) is 1. The molecule has 1 aromatic rings. The van der Waals surface area contributed by atoms with Gasteiger partial charge in [-0.25, -0.2) is 4.98 Å². The number of anilines is 1. The zero-order valence-electron chi connectivity index (χ0n) is 11.2. The minimum atomic E-state index is 0.259. The molecule has 100 valence electrons. The largest absolute Gasteiger partial charge is 0.375 e. The Bertz CT molecular complexity index is 359. The van der Waals surface area contributed by atoms with Gasteiger partial charge < -0.3 is 14.8 Å². The maximum atomic E-state index is 5.88. The second kappa shape index (κ2) is 6.11. The fraction of sp³-hybridized carbons (Fsp3) is 0.692. The molecule has 0 saturated carbocycles. The van der Waals surface area contributed by atoms with Crippen molar-refractivity contribution in [2.75, 3.05) is 12.4 Å². The third-order valence-electron chi connectivity index (χ3n) is 3.08. The zero-order chi connectivity index (χ0) is 13.0. The Morgan fingerprint density at radius 2 is 2.00 bits per heavy atom. The molecule has 0 spiro atoms. The third-order valence-corrected chi connectivity index (χ3v) is 3.08. The van der Waals surface area contributed by atoms with E-state index in [1.165, 1.54) is 0 Å².